The molecule has 1 aromatic heterocycles. The minimum atomic E-state index is -1.10. The van der Waals surface area contributed by atoms with Crippen molar-refractivity contribution in [3.05, 3.63) is 53.6 Å². The van der Waals surface area contributed by atoms with E-state index in [4.69, 9.17) is 16.7 Å². The van der Waals surface area contributed by atoms with Gasteiger partial charge in [-0.1, -0.05) is 35.9 Å². The van der Waals surface area contributed by atoms with Crippen molar-refractivity contribution in [2.45, 2.75) is 0 Å². The molecular formula is C19H15ClN4O3. The molecule has 136 valence electrons. The van der Waals surface area contributed by atoms with E-state index in [9.17, 15) is 9.59 Å². The first kappa shape index (κ1) is 17.2. The molecule has 2 amide bonds. The van der Waals surface area contributed by atoms with E-state index >= 15 is 0 Å². The van der Waals surface area contributed by atoms with Crippen LogP contribution in [0.3, 0.4) is 0 Å². The number of fused-ring (bicyclic) bond motifs is 1. The molecule has 1 aliphatic rings. The average Bonchev–Trinajstić information content (AvgIpc) is 2.67. The number of halogens is 1. The van der Waals surface area contributed by atoms with Crippen LogP contribution in [-0.4, -0.2) is 51.6 Å². The van der Waals surface area contributed by atoms with Crippen molar-refractivity contribution < 1.29 is 14.7 Å². The molecule has 1 fully saturated rings. The molecule has 4 rings (SSSR count). The highest BCUT2D eigenvalue weighted by Crippen LogP contribution is 2.31. The highest BCUT2D eigenvalue weighted by atomic mass is 35.5. The molecule has 0 spiro atoms. The summed E-state index contributed by atoms with van der Waals surface area (Å²) >= 11 is 6.30. The third-order valence-electron chi connectivity index (χ3n) is 4.44. The van der Waals surface area contributed by atoms with Crippen LogP contribution in [0.2, 0.25) is 5.02 Å². The van der Waals surface area contributed by atoms with Crippen molar-refractivity contribution >= 4 is 40.3 Å². The van der Waals surface area contributed by atoms with Crippen molar-refractivity contribution in [1.29, 1.82) is 0 Å². The predicted octanol–water partition coefficient (Wildman–Crippen LogP) is 3.28. The van der Waals surface area contributed by atoms with Crippen molar-refractivity contribution in [3.63, 3.8) is 0 Å². The molecule has 1 aliphatic heterocycles. The number of amides is 2. The molecule has 0 aliphatic carbocycles. The summed E-state index contributed by atoms with van der Waals surface area (Å²) in [6.07, 6.45) is -1.10. The first-order valence-corrected chi connectivity index (χ1v) is 8.72. The van der Waals surface area contributed by atoms with Crippen LogP contribution in [0, 0.1) is 0 Å². The fraction of sp³-hybridized carbons (Fsp3) is 0.158. The summed E-state index contributed by atoms with van der Waals surface area (Å²) in [5.41, 5.74) is 1.36. The van der Waals surface area contributed by atoms with Gasteiger partial charge in [0.25, 0.3) is 0 Å². The predicted molar refractivity (Wildman–Crippen MR) is 102 cm³/mol. The lowest BCUT2D eigenvalue weighted by molar-refractivity contribution is -0.120. The molecule has 0 unspecified atom stereocenters. The summed E-state index contributed by atoms with van der Waals surface area (Å²) in [5.74, 6) is 0.561. The first-order valence-electron chi connectivity index (χ1n) is 8.34. The summed E-state index contributed by atoms with van der Waals surface area (Å²) in [4.78, 5) is 35.6. The Labute approximate surface area is 159 Å². The van der Waals surface area contributed by atoms with Crippen LogP contribution in [0.5, 0.6) is 0 Å². The van der Waals surface area contributed by atoms with Crippen molar-refractivity contribution in [2.24, 2.45) is 0 Å². The Morgan fingerprint density at radius 2 is 1.78 bits per heavy atom. The third kappa shape index (κ3) is 3.17. The highest BCUT2D eigenvalue weighted by molar-refractivity contribution is 6.33. The Bertz CT molecular complexity index is 1060. The molecule has 1 saturated heterocycles. The number of aromatic nitrogens is 2. The second kappa shape index (κ2) is 6.85. The van der Waals surface area contributed by atoms with E-state index in [1.54, 1.807) is 6.07 Å². The van der Waals surface area contributed by atoms with Crippen LogP contribution in [0.25, 0.3) is 22.3 Å². The van der Waals surface area contributed by atoms with Gasteiger partial charge in [0.1, 0.15) is 12.4 Å². The lowest BCUT2D eigenvalue weighted by atomic mass is 10.1. The van der Waals surface area contributed by atoms with Crippen LogP contribution in [0.1, 0.15) is 0 Å². The van der Waals surface area contributed by atoms with E-state index < -0.39 is 6.09 Å². The summed E-state index contributed by atoms with van der Waals surface area (Å²) in [6.45, 7) is 0.254. The molecule has 8 heteroatoms. The maximum Gasteiger partial charge on any atom is 0.407 e. The summed E-state index contributed by atoms with van der Waals surface area (Å²) < 4.78 is 0. The molecular weight excluding hydrogens is 368 g/mol. The Kier molecular flexibility index (Phi) is 4.37. The fourth-order valence-electron chi connectivity index (χ4n) is 3.09. The Balaban J connectivity index is 1.84. The Morgan fingerprint density at radius 3 is 2.52 bits per heavy atom. The van der Waals surface area contributed by atoms with Crippen molar-refractivity contribution in [2.75, 3.05) is 24.5 Å². The van der Waals surface area contributed by atoms with E-state index in [0.29, 0.717) is 27.7 Å². The topological polar surface area (TPSA) is 86.6 Å². The summed E-state index contributed by atoms with van der Waals surface area (Å²) in [7, 11) is 0. The summed E-state index contributed by atoms with van der Waals surface area (Å²) in [5, 5.41) is 10.4. The smallest absolute Gasteiger partial charge is 0.407 e. The standard InChI is InChI=1S/C19H15ClN4O3/c20-14-7-3-1-5-12(14)17-21-15-8-4-2-6-13(15)18(22-17)24-10-9-23(19(26)27)11-16(24)25/h1-8H,9-11H2,(H,26,27). The zero-order chi connectivity index (χ0) is 19.0. The molecule has 0 saturated carbocycles. The third-order valence-corrected chi connectivity index (χ3v) is 4.77. The van der Waals surface area contributed by atoms with E-state index in [2.05, 4.69) is 9.97 Å². The number of benzene rings is 2. The lowest BCUT2D eigenvalue weighted by Crippen LogP contribution is -2.52. The van der Waals surface area contributed by atoms with Gasteiger partial charge in [0.15, 0.2) is 5.82 Å². The monoisotopic (exact) mass is 382 g/mol. The number of carboxylic acid groups (broad SMARTS) is 1. The van der Waals surface area contributed by atoms with Crippen LogP contribution in [-0.2, 0) is 4.79 Å². The highest BCUT2D eigenvalue weighted by Gasteiger charge is 2.30. The molecule has 0 bridgehead atoms. The second-order valence-electron chi connectivity index (χ2n) is 6.12. The van der Waals surface area contributed by atoms with Gasteiger partial charge in [0, 0.05) is 24.0 Å². The van der Waals surface area contributed by atoms with Crippen LogP contribution in [0.15, 0.2) is 48.5 Å². The van der Waals surface area contributed by atoms with Gasteiger partial charge >= 0.3 is 6.09 Å². The van der Waals surface area contributed by atoms with Gasteiger partial charge in [-0.05, 0) is 24.3 Å². The maximum absolute atomic E-state index is 12.6. The van der Waals surface area contributed by atoms with Crippen LogP contribution < -0.4 is 4.90 Å². The quantitative estimate of drug-likeness (QED) is 0.735. The largest absolute Gasteiger partial charge is 0.465 e. The van der Waals surface area contributed by atoms with Gasteiger partial charge < -0.3 is 5.11 Å². The number of carbonyl (C=O) groups is 2. The number of hydrogen-bond acceptors (Lipinski definition) is 4. The van der Waals surface area contributed by atoms with Gasteiger partial charge in [-0.25, -0.2) is 14.8 Å². The summed E-state index contributed by atoms with van der Waals surface area (Å²) in [6, 6.07) is 14.6. The van der Waals surface area contributed by atoms with Crippen molar-refractivity contribution in [1.82, 2.24) is 14.9 Å². The van der Waals surface area contributed by atoms with E-state index in [1.165, 1.54) is 4.90 Å². The minimum Gasteiger partial charge on any atom is -0.465 e. The van der Waals surface area contributed by atoms with Gasteiger partial charge in [-0.15, -0.1) is 0 Å². The number of carbonyl (C=O) groups excluding carboxylic acids is 1. The van der Waals surface area contributed by atoms with E-state index in [-0.39, 0.29) is 25.5 Å². The van der Waals surface area contributed by atoms with E-state index in [0.717, 1.165) is 10.3 Å². The molecule has 27 heavy (non-hydrogen) atoms. The molecule has 7 nitrogen and oxygen atoms in total. The minimum absolute atomic E-state index is 0.199. The van der Waals surface area contributed by atoms with Gasteiger partial charge in [-0.3, -0.25) is 14.6 Å². The van der Waals surface area contributed by atoms with Gasteiger partial charge in [-0.2, -0.15) is 0 Å². The maximum atomic E-state index is 12.6. The molecule has 0 atom stereocenters. The van der Waals surface area contributed by atoms with Gasteiger partial charge in [0.05, 0.1) is 10.5 Å². The number of anilines is 1. The number of piperazine rings is 1. The van der Waals surface area contributed by atoms with E-state index in [1.807, 2.05) is 42.5 Å². The van der Waals surface area contributed by atoms with Gasteiger partial charge in [0.2, 0.25) is 5.91 Å². The molecule has 3 aromatic rings. The number of nitrogens with zero attached hydrogens (tertiary/aromatic N) is 4. The number of hydrogen-bond donors (Lipinski definition) is 1. The molecule has 1 N–H and O–H groups in total. The average molecular weight is 383 g/mol. The zero-order valence-electron chi connectivity index (χ0n) is 14.2. The molecule has 2 aromatic carbocycles. The lowest BCUT2D eigenvalue weighted by Gasteiger charge is -2.32. The Hall–Kier alpha value is -3.19. The zero-order valence-corrected chi connectivity index (χ0v) is 14.9. The van der Waals surface area contributed by atoms with Crippen molar-refractivity contribution in [3.8, 4) is 11.4 Å². The van der Waals surface area contributed by atoms with Crippen LogP contribution in [0.4, 0.5) is 10.6 Å². The molecule has 0 radical (unpaired) electrons. The second-order valence-corrected chi connectivity index (χ2v) is 6.52. The normalized spacial score (nSPS) is 14.6. The fourth-order valence-corrected chi connectivity index (χ4v) is 3.31. The first-order chi connectivity index (χ1) is 13.0. The number of para-hydroxylation sites is 1. The molecule has 2 heterocycles. The Morgan fingerprint density at radius 1 is 1.04 bits per heavy atom. The van der Waals surface area contributed by atoms with Crippen LogP contribution >= 0.6 is 11.6 Å². The number of rotatable bonds is 2. The SMILES string of the molecule is O=C(O)N1CCN(c2nc(-c3ccccc3Cl)nc3ccccc23)C(=O)C1.